The van der Waals surface area contributed by atoms with E-state index < -0.39 is 6.10 Å². The zero-order valence-corrected chi connectivity index (χ0v) is 8.30. The van der Waals surface area contributed by atoms with Gasteiger partial charge in [-0.05, 0) is 25.7 Å². The molecule has 5 nitrogen and oxygen atoms in total. The molecule has 2 rings (SSSR count). The van der Waals surface area contributed by atoms with Crippen LogP contribution >= 0.6 is 0 Å². The molecule has 0 bridgehead atoms. The Hall–Kier alpha value is -0.940. The SMILES string of the molecule is COC(c1noc(C(C)O)n1)C1CC1. The molecule has 1 saturated carbocycles. The molecule has 78 valence electrons. The van der Waals surface area contributed by atoms with Crippen molar-refractivity contribution < 1.29 is 14.4 Å². The molecule has 5 heteroatoms. The summed E-state index contributed by atoms with van der Waals surface area (Å²) in [6, 6.07) is 0. The molecule has 1 aliphatic carbocycles. The molecule has 0 amide bonds. The minimum absolute atomic E-state index is 0.0775. The van der Waals surface area contributed by atoms with Gasteiger partial charge in [0.15, 0.2) is 0 Å². The van der Waals surface area contributed by atoms with Gasteiger partial charge in [0.25, 0.3) is 5.89 Å². The molecule has 2 atom stereocenters. The number of aromatic nitrogens is 2. The Morgan fingerprint density at radius 3 is 2.71 bits per heavy atom. The molecule has 0 spiro atoms. The first kappa shape index (κ1) is 9.61. The number of hydrogen-bond donors (Lipinski definition) is 1. The molecule has 0 aliphatic heterocycles. The Labute approximate surface area is 82.1 Å². The molecule has 1 aromatic heterocycles. The van der Waals surface area contributed by atoms with Crippen molar-refractivity contribution in [3.8, 4) is 0 Å². The second-order valence-corrected chi connectivity index (χ2v) is 3.66. The number of nitrogens with zero attached hydrogens (tertiary/aromatic N) is 2. The summed E-state index contributed by atoms with van der Waals surface area (Å²) in [5, 5.41) is 13.0. The van der Waals surface area contributed by atoms with E-state index >= 15 is 0 Å². The maximum absolute atomic E-state index is 9.21. The van der Waals surface area contributed by atoms with E-state index in [0.29, 0.717) is 11.7 Å². The van der Waals surface area contributed by atoms with Gasteiger partial charge in [0.1, 0.15) is 12.2 Å². The number of aliphatic hydroxyl groups is 1. The van der Waals surface area contributed by atoms with Gasteiger partial charge in [-0.3, -0.25) is 0 Å². The smallest absolute Gasteiger partial charge is 0.255 e. The Morgan fingerprint density at radius 1 is 1.57 bits per heavy atom. The lowest BCUT2D eigenvalue weighted by Crippen LogP contribution is -2.06. The van der Waals surface area contributed by atoms with Crippen LogP contribution < -0.4 is 0 Å². The normalized spacial score (nSPS) is 20.8. The molecule has 1 N–H and O–H groups in total. The molecule has 0 radical (unpaired) electrons. The molecule has 14 heavy (non-hydrogen) atoms. The lowest BCUT2D eigenvalue weighted by Gasteiger charge is -2.08. The Morgan fingerprint density at radius 2 is 2.29 bits per heavy atom. The van der Waals surface area contributed by atoms with Crippen molar-refractivity contribution >= 4 is 0 Å². The Kier molecular flexibility index (Phi) is 2.52. The van der Waals surface area contributed by atoms with E-state index in [2.05, 4.69) is 10.1 Å². The lowest BCUT2D eigenvalue weighted by molar-refractivity contribution is 0.0750. The predicted molar refractivity (Wildman–Crippen MR) is 47.4 cm³/mol. The zero-order valence-electron chi connectivity index (χ0n) is 8.30. The van der Waals surface area contributed by atoms with Crippen molar-refractivity contribution in [2.75, 3.05) is 7.11 Å². The highest BCUT2D eigenvalue weighted by atomic mass is 16.5. The van der Waals surface area contributed by atoms with Crippen LogP contribution in [0.25, 0.3) is 0 Å². The summed E-state index contributed by atoms with van der Waals surface area (Å²) in [6.45, 7) is 1.59. The minimum Gasteiger partial charge on any atom is -0.384 e. The summed E-state index contributed by atoms with van der Waals surface area (Å²) in [5.74, 6) is 1.31. The predicted octanol–water partition coefficient (Wildman–Crippen LogP) is 1.22. The maximum Gasteiger partial charge on any atom is 0.255 e. The fraction of sp³-hybridized carbons (Fsp3) is 0.778. The van der Waals surface area contributed by atoms with Gasteiger partial charge in [-0.2, -0.15) is 4.98 Å². The van der Waals surface area contributed by atoms with E-state index in [1.165, 1.54) is 0 Å². The van der Waals surface area contributed by atoms with Crippen molar-refractivity contribution in [3.63, 3.8) is 0 Å². The molecule has 2 unspecified atom stereocenters. The van der Waals surface area contributed by atoms with Crippen molar-refractivity contribution in [1.82, 2.24) is 10.1 Å². The lowest BCUT2D eigenvalue weighted by atomic mass is 10.2. The van der Waals surface area contributed by atoms with E-state index in [1.54, 1.807) is 14.0 Å². The van der Waals surface area contributed by atoms with Crippen LogP contribution in [0.5, 0.6) is 0 Å². The molecule has 1 aliphatic rings. The summed E-state index contributed by atoms with van der Waals surface area (Å²) >= 11 is 0. The molecule has 1 fully saturated rings. The highest BCUT2D eigenvalue weighted by molar-refractivity contribution is 4.98. The summed E-state index contributed by atoms with van der Waals surface area (Å²) < 4.78 is 10.2. The second-order valence-electron chi connectivity index (χ2n) is 3.66. The molecule has 0 saturated heterocycles. The van der Waals surface area contributed by atoms with Gasteiger partial charge in [0.2, 0.25) is 5.82 Å². The van der Waals surface area contributed by atoms with Crippen molar-refractivity contribution in [2.24, 2.45) is 5.92 Å². The first-order valence-electron chi connectivity index (χ1n) is 4.76. The molecular formula is C9H14N2O3. The van der Waals surface area contributed by atoms with Crippen molar-refractivity contribution in [3.05, 3.63) is 11.7 Å². The van der Waals surface area contributed by atoms with Crippen LogP contribution in [0.1, 0.15) is 43.7 Å². The van der Waals surface area contributed by atoms with E-state index in [0.717, 1.165) is 12.8 Å². The fourth-order valence-electron chi connectivity index (χ4n) is 1.44. The van der Waals surface area contributed by atoms with Gasteiger partial charge in [-0.1, -0.05) is 5.16 Å². The number of methoxy groups -OCH3 is 1. The van der Waals surface area contributed by atoms with Crippen molar-refractivity contribution in [2.45, 2.75) is 32.0 Å². The highest BCUT2D eigenvalue weighted by Gasteiger charge is 2.35. The molecule has 0 aromatic carbocycles. The van der Waals surface area contributed by atoms with Crippen LogP contribution in [0.15, 0.2) is 4.52 Å². The van der Waals surface area contributed by atoms with E-state index in [1.807, 2.05) is 0 Å². The first-order chi connectivity index (χ1) is 6.72. The van der Waals surface area contributed by atoms with Crippen LogP contribution in [0, 0.1) is 5.92 Å². The van der Waals surface area contributed by atoms with Gasteiger partial charge in [-0.25, -0.2) is 0 Å². The van der Waals surface area contributed by atoms with Gasteiger partial charge < -0.3 is 14.4 Å². The molecular weight excluding hydrogens is 184 g/mol. The number of ether oxygens (including phenoxy) is 1. The Balaban J connectivity index is 2.13. The monoisotopic (exact) mass is 198 g/mol. The first-order valence-corrected chi connectivity index (χ1v) is 4.76. The van der Waals surface area contributed by atoms with Crippen LogP contribution in [0.2, 0.25) is 0 Å². The minimum atomic E-state index is -0.715. The summed E-state index contributed by atoms with van der Waals surface area (Å²) in [7, 11) is 1.64. The van der Waals surface area contributed by atoms with Gasteiger partial charge in [0, 0.05) is 7.11 Å². The van der Waals surface area contributed by atoms with Crippen molar-refractivity contribution in [1.29, 1.82) is 0 Å². The van der Waals surface area contributed by atoms with Crippen LogP contribution in [-0.4, -0.2) is 22.4 Å². The van der Waals surface area contributed by atoms with Gasteiger partial charge >= 0.3 is 0 Å². The van der Waals surface area contributed by atoms with Gasteiger partial charge in [-0.15, -0.1) is 0 Å². The third-order valence-corrected chi connectivity index (χ3v) is 2.37. The fourth-order valence-corrected chi connectivity index (χ4v) is 1.44. The standard InChI is InChI=1S/C9H14N2O3/c1-5(12)9-10-8(11-14-9)7(13-2)6-3-4-6/h5-7,12H,3-4H2,1-2H3. The average Bonchev–Trinajstić information content (AvgIpc) is 2.84. The number of rotatable bonds is 4. The average molecular weight is 198 g/mol. The highest BCUT2D eigenvalue weighted by Crippen LogP contribution is 2.41. The molecule has 1 heterocycles. The quantitative estimate of drug-likeness (QED) is 0.787. The van der Waals surface area contributed by atoms with Crippen LogP contribution in [0.4, 0.5) is 0 Å². The van der Waals surface area contributed by atoms with Crippen LogP contribution in [-0.2, 0) is 4.74 Å². The topological polar surface area (TPSA) is 68.4 Å². The summed E-state index contributed by atoms with van der Waals surface area (Å²) in [6.07, 6.45) is 1.51. The summed E-state index contributed by atoms with van der Waals surface area (Å²) in [4.78, 5) is 4.09. The molecule has 1 aromatic rings. The van der Waals surface area contributed by atoms with E-state index in [9.17, 15) is 5.11 Å². The number of hydrogen-bond acceptors (Lipinski definition) is 5. The van der Waals surface area contributed by atoms with E-state index in [4.69, 9.17) is 9.26 Å². The largest absolute Gasteiger partial charge is 0.384 e. The number of aliphatic hydroxyl groups excluding tert-OH is 1. The second kappa shape index (κ2) is 3.67. The summed E-state index contributed by atoms with van der Waals surface area (Å²) in [5.41, 5.74) is 0. The maximum atomic E-state index is 9.21. The third kappa shape index (κ3) is 1.78. The third-order valence-electron chi connectivity index (χ3n) is 2.37. The zero-order chi connectivity index (χ0) is 10.1. The Bertz CT molecular complexity index is 307. The van der Waals surface area contributed by atoms with Crippen LogP contribution in [0.3, 0.4) is 0 Å². The van der Waals surface area contributed by atoms with E-state index in [-0.39, 0.29) is 12.0 Å². The van der Waals surface area contributed by atoms with Gasteiger partial charge in [0.05, 0.1) is 0 Å².